The molecule has 20 heavy (non-hydrogen) atoms. The maximum Gasteiger partial charge on any atom is 0.286 e. The maximum absolute atomic E-state index is 11.9. The standard InChI is InChI=1S/C13H11N3O2S2/c17-20(18,13-6-3-7-19-13)16-15-9-10-8-14-12-5-2-1-4-11(10)12/h1-9,14,16H/b15-9+. The van der Waals surface area contributed by atoms with Crippen molar-refractivity contribution in [1.82, 2.24) is 9.82 Å². The van der Waals surface area contributed by atoms with Gasteiger partial charge in [-0.05, 0) is 17.5 Å². The van der Waals surface area contributed by atoms with Crippen LogP contribution in [0.1, 0.15) is 5.56 Å². The van der Waals surface area contributed by atoms with Crippen LogP contribution in [0.25, 0.3) is 10.9 Å². The molecule has 0 bridgehead atoms. The molecule has 0 unspecified atom stereocenters. The second-order valence-corrected chi connectivity index (χ2v) is 6.91. The van der Waals surface area contributed by atoms with E-state index in [4.69, 9.17) is 0 Å². The fraction of sp³-hybridized carbons (Fsp3) is 0. The van der Waals surface area contributed by atoms with Crippen molar-refractivity contribution >= 4 is 38.5 Å². The molecule has 0 amide bonds. The van der Waals surface area contributed by atoms with Crippen LogP contribution in [0.5, 0.6) is 0 Å². The number of rotatable bonds is 4. The molecular formula is C13H11N3O2S2. The van der Waals surface area contributed by atoms with Crippen LogP contribution in [0.3, 0.4) is 0 Å². The lowest BCUT2D eigenvalue weighted by Gasteiger charge is -1.98. The molecule has 0 aliphatic heterocycles. The highest BCUT2D eigenvalue weighted by Crippen LogP contribution is 2.17. The molecule has 102 valence electrons. The number of para-hydroxylation sites is 1. The zero-order chi connectivity index (χ0) is 14.0. The molecule has 0 saturated carbocycles. The van der Waals surface area contributed by atoms with Crippen LogP contribution in [-0.4, -0.2) is 19.6 Å². The van der Waals surface area contributed by atoms with E-state index in [1.807, 2.05) is 24.3 Å². The smallest absolute Gasteiger partial charge is 0.286 e. The third-order valence-corrected chi connectivity index (χ3v) is 5.38. The summed E-state index contributed by atoms with van der Waals surface area (Å²) in [5, 5.41) is 6.51. The Kier molecular flexibility index (Phi) is 3.29. The van der Waals surface area contributed by atoms with Crippen LogP contribution in [0.15, 0.2) is 57.3 Å². The summed E-state index contributed by atoms with van der Waals surface area (Å²) in [4.78, 5) is 5.30. The van der Waals surface area contributed by atoms with Gasteiger partial charge in [-0.2, -0.15) is 18.4 Å². The van der Waals surface area contributed by atoms with E-state index in [2.05, 4.69) is 14.9 Å². The number of hydrogen-bond acceptors (Lipinski definition) is 4. The Morgan fingerprint density at radius 1 is 1.20 bits per heavy atom. The SMILES string of the molecule is O=S(=O)(N/N=C/c1c[nH]c2ccccc12)c1cccs1. The number of H-pyrrole nitrogens is 1. The molecule has 5 nitrogen and oxygen atoms in total. The Labute approximate surface area is 120 Å². The van der Waals surface area contributed by atoms with Gasteiger partial charge >= 0.3 is 0 Å². The predicted molar refractivity (Wildman–Crippen MR) is 80.5 cm³/mol. The molecule has 0 atom stereocenters. The molecule has 7 heteroatoms. The lowest BCUT2D eigenvalue weighted by molar-refractivity contribution is 0.587. The molecule has 0 radical (unpaired) electrons. The molecule has 0 spiro atoms. The molecule has 2 aromatic heterocycles. The highest BCUT2D eigenvalue weighted by Gasteiger charge is 2.13. The molecule has 1 aromatic carbocycles. The second-order valence-electron chi connectivity index (χ2n) is 4.07. The van der Waals surface area contributed by atoms with E-state index in [1.165, 1.54) is 12.3 Å². The normalized spacial score (nSPS) is 12.2. The summed E-state index contributed by atoms with van der Waals surface area (Å²) in [5.74, 6) is 0. The maximum atomic E-state index is 11.9. The minimum atomic E-state index is -3.56. The number of fused-ring (bicyclic) bond motifs is 1. The number of thiophene rings is 1. The van der Waals surface area contributed by atoms with Gasteiger partial charge in [-0.3, -0.25) is 0 Å². The van der Waals surface area contributed by atoms with E-state index < -0.39 is 10.0 Å². The van der Waals surface area contributed by atoms with Crippen LogP contribution < -0.4 is 4.83 Å². The third kappa shape index (κ3) is 2.45. The lowest BCUT2D eigenvalue weighted by atomic mass is 10.2. The monoisotopic (exact) mass is 305 g/mol. The summed E-state index contributed by atoms with van der Waals surface area (Å²) in [6.45, 7) is 0. The van der Waals surface area contributed by atoms with Crippen molar-refractivity contribution in [2.24, 2.45) is 5.10 Å². The summed E-state index contributed by atoms with van der Waals surface area (Å²) in [6.07, 6.45) is 3.28. The van der Waals surface area contributed by atoms with Crippen LogP contribution in [0, 0.1) is 0 Å². The van der Waals surface area contributed by atoms with Crippen LogP contribution in [0.4, 0.5) is 0 Å². The van der Waals surface area contributed by atoms with Crippen molar-refractivity contribution in [3.63, 3.8) is 0 Å². The molecule has 0 aliphatic carbocycles. The van der Waals surface area contributed by atoms with Gasteiger partial charge in [0.05, 0.1) is 6.21 Å². The first kappa shape index (κ1) is 12.9. The minimum absolute atomic E-state index is 0.244. The first-order valence-electron chi connectivity index (χ1n) is 5.81. The van der Waals surface area contributed by atoms with Crippen molar-refractivity contribution in [1.29, 1.82) is 0 Å². The Balaban J connectivity index is 1.82. The molecule has 3 rings (SSSR count). The Morgan fingerprint density at radius 2 is 2.05 bits per heavy atom. The van der Waals surface area contributed by atoms with Gasteiger partial charge < -0.3 is 4.98 Å². The van der Waals surface area contributed by atoms with Crippen molar-refractivity contribution in [3.8, 4) is 0 Å². The molecule has 2 heterocycles. The van der Waals surface area contributed by atoms with Gasteiger partial charge in [0.15, 0.2) is 0 Å². The number of aromatic amines is 1. The number of hydrogen-bond donors (Lipinski definition) is 2. The van der Waals surface area contributed by atoms with Crippen molar-refractivity contribution in [2.45, 2.75) is 4.21 Å². The number of nitrogens with zero attached hydrogens (tertiary/aromatic N) is 1. The Bertz CT molecular complexity index is 849. The van der Waals surface area contributed by atoms with E-state index in [0.717, 1.165) is 27.8 Å². The van der Waals surface area contributed by atoms with E-state index in [-0.39, 0.29) is 4.21 Å². The summed E-state index contributed by atoms with van der Waals surface area (Å²) in [6, 6.07) is 11.0. The average molecular weight is 305 g/mol. The summed E-state index contributed by atoms with van der Waals surface area (Å²) >= 11 is 1.15. The van der Waals surface area contributed by atoms with E-state index in [0.29, 0.717) is 0 Å². The zero-order valence-corrected chi connectivity index (χ0v) is 11.9. The quantitative estimate of drug-likeness (QED) is 0.574. The predicted octanol–water partition coefficient (Wildman–Crippen LogP) is 2.54. The largest absolute Gasteiger partial charge is 0.361 e. The number of sulfonamides is 1. The summed E-state index contributed by atoms with van der Waals surface area (Å²) in [5.41, 5.74) is 1.81. The van der Waals surface area contributed by atoms with Gasteiger partial charge in [0.2, 0.25) is 0 Å². The number of hydrazone groups is 1. The van der Waals surface area contributed by atoms with Gasteiger partial charge in [-0.25, -0.2) is 0 Å². The fourth-order valence-electron chi connectivity index (χ4n) is 1.83. The Morgan fingerprint density at radius 3 is 2.85 bits per heavy atom. The van der Waals surface area contributed by atoms with Gasteiger partial charge in [0, 0.05) is 22.7 Å². The molecule has 0 fully saturated rings. The van der Waals surface area contributed by atoms with E-state index >= 15 is 0 Å². The molecular weight excluding hydrogens is 294 g/mol. The minimum Gasteiger partial charge on any atom is -0.361 e. The summed E-state index contributed by atoms with van der Waals surface area (Å²) < 4.78 is 24.0. The van der Waals surface area contributed by atoms with Crippen LogP contribution in [-0.2, 0) is 10.0 Å². The first-order chi connectivity index (χ1) is 9.67. The van der Waals surface area contributed by atoms with Gasteiger partial charge in [-0.1, -0.05) is 24.3 Å². The van der Waals surface area contributed by atoms with Crippen molar-refractivity contribution in [3.05, 3.63) is 53.5 Å². The zero-order valence-electron chi connectivity index (χ0n) is 10.3. The Hall–Kier alpha value is -2.12. The topological polar surface area (TPSA) is 74.3 Å². The van der Waals surface area contributed by atoms with E-state index in [1.54, 1.807) is 17.6 Å². The van der Waals surface area contributed by atoms with Crippen LogP contribution in [0.2, 0.25) is 0 Å². The van der Waals surface area contributed by atoms with Gasteiger partial charge in [-0.15, -0.1) is 11.3 Å². The molecule has 0 saturated heterocycles. The molecule has 2 N–H and O–H groups in total. The van der Waals surface area contributed by atoms with Crippen LogP contribution >= 0.6 is 11.3 Å². The van der Waals surface area contributed by atoms with Gasteiger partial charge in [0.1, 0.15) is 4.21 Å². The first-order valence-corrected chi connectivity index (χ1v) is 8.17. The number of nitrogens with one attached hydrogen (secondary N) is 2. The van der Waals surface area contributed by atoms with Crippen molar-refractivity contribution in [2.75, 3.05) is 0 Å². The third-order valence-electron chi connectivity index (χ3n) is 2.76. The van der Waals surface area contributed by atoms with Crippen molar-refractivity contribution < 1.29 is 8.42 Å². The highest BCUT2D eigenvalue weighted by atomic mass is 32.2. The second kappa shape index (κ2) is 5.10. The summed E-state index contributed by atoms with van der Waals surface area (Å²) in [7, 11) is -3.56. The van der Waals surface area contributed by atoms with E-state index in [9.17, 15) is 8.42 Å². The molecule has 0 aliphatic rings. The molecule has 3 aromatic rings. The average Bonchev–Trinajstić information content (AvgIpc) is 3.08. The van der Waals surface area contributed by atoms with Gasteiger partial charge in [0.25, 0.3) is 10.0 Å². The lowest BCUT2D eigenvalue weighted by Crippen LogP contribution is -2.17. The fourth-order valence-corrected chi connectivity index (χ4v) is 3.60. The highest BCUT2D eigenvalue weighted by molar-refractivity contribution is 7.91. The number of aromatic nitrogens is 1. The number of benzene rings is 1.